The Balaban J connectivity index is 2.27. The second-order valence-corrected chi connectivity index (χ2v) is 2.76. The van der Waals surface area contributed by atoms with Crippen molar-refractivity contribution in [1.82, 2.24) is 5.32 Å². The average molecular weight is 225 g/mol. The fourth-order valence-electron chi connectivity index (χ4n) is 0.878. The van der Waals surface area contributed by atoms with Crippen LogP contribution in [0.3, 0.4) is 0 Å². The Kier molecular flexibility index (Phi) is 4.73. The average Bonchev–Trinajstić information content (AvgIpc) is 2.34. The summed E-state index contributed by atoms with van der Waals surface area (Å²) in [5, 5.41) is 2.35. The predicted molar refractivity (Wildman–Crippen MR) is 52.8 cm³/mol. The van der Waals surface area contributed by atoms with Crippen molar-refractivity contribution in [2.24, 2.45) is 0 Å². The maximum absolute atomic E-state index is 11.3. The van der Waals surface area contributed by atoms with E-state index in [-0.39, 0.29) is 18.9 Å². The van der Waals surface area contributed by atoms with Gasteiger partial charge in [-0.15, -0.1) is 6.42 Å². The number of hydrogen-bond acceptors (Lipinski definition) is 5. The summed E-state index contributed by atoms with van der Waals surface area (Å²) in [6.45, 7) is 0.365. The Bertz CT molecular complexity index is 342. The number of carbonyl (C=O) groups is 2. The van der Waals surface area contributed by atoms with Crippen molar-refractivity contribution in [1.29, 1.82) is 0 Å². The lowest BCUT2D eigenvalue weighted by Crippen LogP contribution is -2.29. The lowest BCUT2D eigenvalue weighted by Gasteiger charge is -2.14. The molecule has 0 aromatic rings. The van der Waals surface area contributed by atoms with Gasteiger partial charge in [-0.2, -0.15) is 0 Å². The van der Waals surface area contributed by atoms with E-state index in [0.29, 0.717) is 6.61 Å². The van der Waals surface area contributed by atoms with Gasteiger partial charge in [-0.05, 0) is 0 Å². The van der Waals surface area contributed by atoms with Crippen molar-refractivity contribution in [2.45, 2.75) is 0 Å². The molecule has 0 saturated carbocycles. The largest absolute Gasteiger partial charge is 0.493 e. The Hall–Kier alpha value is -2.16. The molecule has 1 amide bonds. The van der Waals surface area contributed by atoms with E-state index < -0.39 is 18.5 Å². The maximum atomic E-state index is 11.3. The minimum Gasteiger partial charge on any atom is -0.493 e. The molecular weight excluding hydrogens is 214 g/mol. The van der Waals surface area contributed by atoms with Crippen molar-refractivity contribution in [2.75, 3.05) is 26.4 Å². The molecule has 0 bridgehead atoms. The quantitative estimate of drug-likeness (QED) is 0.499. The molecule has 0 radical (unpaired) electrons. The highest BCUT2D eigenvalue weighted by molar-refractivity contribution is 5.88. The van der Waals surface area contributed by atoms with E-state index in [2.05, 4.69) is 16.0 Å². The fraction of sp³-hybridized carbons (Fsp3) is 0.400. The summed E-state index contributed by atoms with van der Waals surface area (Å²) in [6, 6.07) is 0. The summed E-state index contributed by atoms with van der Waals surface area (Å²) in [4.78, 5) is 22.3. The minimum absolute atomic E-state index is 0.0454. The molecule has 0 aromatic carbocycles. The van der Waals surface area contributed by atoms with Gasteiger partial charge in [-0.3, -0.25) is 4.79 Å². The van der Waals surface area contributed by atoms with E-state index in [1.54, 1.807) is 0 Å². The minimum atomic E-state index is -0.740. The molecule has 16 heavy (non-hydrogen) atoms. The van der Waals surface area contributed by atoms with Crippen LogP contribution >= 0.6 is 0 Å². The standard InChI is InChI=1S/C10H11NO5/c1-2-3-11-9(12)7-16-10(13)8-6-14-4-5-15-8/h1,6H,3-5,7H2,(H,11,12). The number of hydrogen-bond donors (Lipinski definition) is 1. The number of carbonyl (C=O) groups excluding carboxylic acids is 2. The van der Waals surface area contributed by atoms with Crippen LogP contribution in [-0.4, -0.2) is 38.2 Å². The predicted octanol–water partition coefficient (Wildman–Crippen LogP) is -0.833. The first-order chi connectivity index (χ1) is 7.74. The lowest BCUT2D eigenvalue weighted by molar-refractivity contribution is -0.149. The molecule has 1 heterocycles. The molecule has 0 fully saturated rings. The summed E-state index contributed by atoms with van der Waals surface area (Å²) >= 11 is 0. The molecule has 0 saturated heterocycles. The van der Waals surface area contributed by atoms with Crippen LogP contribution in [0.5, 0.6) is 0 Å². The fourth-order valence-corrected chi connectivity index (χ4v) is 0.878. The Labute approximate surface area is 92.5 Å². The Morgan fingerprint density at radius 1 is 1.56 bits per heavy atom. The van der Waals surface area contributed by atoms with Crippen LogP contribution in [0.2, 0.25) is 0 Å². The van der Waals surface area contributed by atoms with Gasteiger partial charge >= 0.3 is 5.97 Å². The molecule has 6 heteroatoms. The molecule has 1 N–H and O–H groups in total. The highest BCUT2D eigenvalue weighted by Gasteiger charge is 2.17. The molecular formula is C10H11NO5. The number of esters is 1. The third kappa shape index (κ3) is 3.92. The third-order valence-corrected chi connectivity index (χ3v) is 1.57. The van der Waals surface area contributed by atoms with Crippen molar-refractivity contribution < 1.29 is 23.8 Å². The van der Waals surface area contributed by atoms with Crippen LogP contribution in [0.15, 0.2) is 12.0 Å². The van der Waals surface area contributed by atoms with Gasteiger partial charge in [0.2, 0.25) is 5.76 Å². The Morgan fingerprint density at radius 2 is 2.38 bits per heavy atom. The first-order valence-corrected chi connectivity index (χ1v) is 4.56. The van der Waals surface area contributed by atoms with Crippen LogP contribution in [0, 0.1) is 12.3 Å². The van der Waals surface area contributed by atoms with E-state index in [9.17, 15) is 9.59 Å². The molecule has 0 unspecified atom stereocenters. The summed E-state index contributed by atoms with van der Waals surface area (Å²) < 4.78 is 14.5. The summed E-state index contributed by atoms with van der Waals surface area (Å²) in [5.74, 6) is 0.967. The molecule has 0 aliphatic carbocycles. The maximum Gasteiger partial charge on any atom is 0.377 e. The van der Waals surface area contributed by atoms with Crippen LogP contribution in [0.1, 0.15) is 0 Å². The smallest absolute Gasteiger partial charge is 0.377 e. The summed E-state index contributed by atoms with van der Waals surface area (Å²) in [6.07, 6.45) is 6.09. The monoisotopic (exact) mass is 225 g/mol. The second-order valence-electron chi connectivity index (χ2n) is 2.76. The van der Waals surface area contributed by atoms with E-state index in [1.807, 2.05) is 0 Å². The van der Waals surface area contributed by atoms with E-state index in [0.717, 1.165) is 6.26 Å². The van der Waals surface area contributed by atoms with Crippen molar-refractivity contribution in [3.05, 3.63) is 12.0 Å². The van der Waals surface area contributed by atoms with Gasteiger partial charge in [0.25, 0.3) is 5.91 Å². The highest BCUT2D eigenvalue weighted by Crippen LogP contribution is 2.05. The topological polar surface area (TPSA) is 73.9 Å². The van der Waals surface area contributed by atoms with E-state index >= 15 is 0 Å². The van der Waals surface area contributed by atoms with E-state index in [1.165, 1.54) is 0 Å². The van der Waals surface area contributed by atoms with Gasteiger partial charge in [0.1, 0.15) is 19.5 Å². The van der Waals surface area contributed by atoms with Crippen LogP contribution in [0.4, 0.5) is 0 Å². The van der Waals surface area contributed by atoms with Crippen LogP contribution < -0.4 is 5.32 Å². The lowest BCUT2D eigenvalue weighted by atomic mass is 10.5. The van der Waals surface area contributed by atoms with Gasteiger partial charge in [-0.25, -0.2) is 4.79 Å². The van der Waals surface area contributed by atoms with Gasteiger partial charge in [0, 0.05) is 0 Å². The first kappa shape index (κ1) is 11.9. The SMILES string of the molecule is C#CCNC(=O)COC(=O)C1=COCCO1. The molecule has 0 atom stereocenters. The number of ether oxygens (including phenoxy) is 3. The van der Waals surface area contributed by atoms with Crippen molar-refractivity contribution in [3.8, 4) is 12.3 Å². The van der Waals surface area contributed by atoms with Gasteiger partial charge in [-0.1, -0.05) is 5.92 Å². The van der Waals surface area contributed by atoms with Crippen LogP contribution in [-0.2, 0) is 23.8 Å². The van der Waals surface area contributed by atoms with Crippen molar-refractivity contribution in [3.63, 3.8) is 0 Å². The third-order valence-electron chi connectivity index (χ3n) is 1.57. The van der Waals surface area contributed by atoms with E-state index in [4.69, 9.17) is 15.9 Å². The van der Waals surface area contributed by atoms with Crippen LogP contribution in [0.25, 0.3) is 0 Å². The normalized spacial score (nSPS) is 13.6. The zero-order valence-corrected chi connectivity index (χ0v) is 8.52. The second kappa shape index (κ2) is 6.35. The van der Waals surface area contributed by atoms with Crippen molar-refractivity contribution >= 4 is 11.9 Å². The summed E-state index contributed by atoms with van der Waals surface area (Å²) in [7, 11) is 0. The molecule has 1 rings (SSSR count). The number of nitrogens with one attached hydrogen (secondary N) is 1. The molecule has 6 nitrogen and oxygen atoms in total. The van der Waals surface area contributed by atoms with Gasteiger partial charge in [0.05, 0.1) is 6.54 Å². The number of rotatable bonds is 4. The molecule has 0 aromatic heterocycles. The Morgan fingerprint density at radius 3 is 3.00 bits per heavy atom. The highest BCUT2D eigenvalue weighted by atomic mass is 16.6. The van der Waals surface area contributed by atoms with Gasteiger partial charge in [0.15, 0.2) is 6.61 Å². The summed E-state index contributed by atoms with van der Waals surface area (Å²) in [5.41, 5.74) is 0. The zero-order valence-electron chi connectivity index (χ0n) is 8.52. The number of terminal acetylenes is 1. The number of amides is 1. The molecule has 0 spiro atoms. The van der Waals surface area contributed by atoms with Gasteiger partial charge < -0.3 is 19.5 Å². The first-order valence-electron chi connectivity index (χ1n) is 4.56. The molecule has 1 aliphatic rings. The molecule has 86 valence electrons. The molecule has 1 aliphatic heterocycles. The zero-order chi connectivity index (χ0) is 11.8.